The van der Waals surface area contributed by atoms with Gasteiger partial charge in [-0.15, -0.1) is 0 Å². The molecule has 1 saturated heterocycles. The molecule has 0 unspecified atom stereocenters. The van der Waals surface area contributed by atoms with Gasteiger partial charge < -0.3 is 5.32 Å². The van der Waals surface area contributed by atoms with Crippen molar-refractivity contribution in [1.82, 2.24) is 9.62 Å². The molecule has 0 aromatic heterocycles. The molecule has 1 fully saturated rings. The third kappa shape index (κ3) is 5.84. The Hall–Kier alpha value is -0.820. The fourth-order valence-corrected chi connectivity index (χ4v) is 4.73. The van der Waals surface area contributed by atoms with Gasteiger partial charge in [0.15, 0.2) is 0 Å². The van der Waals surface area contributed by atoms with Crippen molar-refractivity contribution in [1.29, 1.82) is 0 Å². The number of halogens is 2. The van der Waals surface area contributed by atoms with Crippen LogP contribution in [0.4, 0.5) is 0 Å². The maximum absolute atomic E-state index is 12.7. The average Bonchev–Trinajstić information content (AvgIpc) is 2.49. The molecule has 1 aliphatic rings. The number of nitrogens with zero attached hydrogens (tertiary/aromatic N) is 1. The van der Waals surface area contributed by atoms with Crippen LogP contribution >= 0.6 is 23.2 Å². The molecule has 5 nitrogen and oxygen atoms in total. The number of carbonyl (C=O) groups is 1. The molecule has 0 spiro atoms. The van der Waals surface area contributed by atoms with E-state index in [1.54, 1.807) is 18.2 Å². The second kappa shape index (κ2) is 7.82. The Bertz CT molecular complexity index is 745. The minimum atomic E-state index is -3.52. The molecule has 8 heteroatoms. The van der Waals surface area contributed by atoms with Crippen LogP contribution < -0.4 is 5.32 Å². The first-order valence-corrected chi connectivity index (χ1v) is 10.6. The van der Waals surface area contributed by atoms with Crippen LogP contribution in [-0.2, 0) is 20.6 Å². The van der Waals surface area contributed by atoms with Crippen LogP contribution in [0.2, 0.25) is 10.0 Å². The van der Waals surface area contributed by atoms with Crippen LogP contribution in [0.3, 0.4) is 0 Å². The fourth-order valence-electron chi connectivity index (χ4n) is 2.81. The average molecular weight is 407 g/mol. The number of rotatable bonds is 4. The van der Waals surface area contributed by atoms with E-state index >= 15 is 0 Å². The summed E-state index contributed by atoms with van der Waals surface area (Å²) >= 11 is 11.8. The van der Waals surface area contributed by atoms with Crippen LogP contribution in [0.25, 0.3) is 0 Å². The highest BCUT2D eigenvalue weighted by atomic mass is 35.5. The van der Waals surface area contributed by atoms with Crippen molar-refractivity contribution in [2.45, 2.75) is 44.9 Å². The van der Waals surface area contributed by atoms with Crippen LogP contribution in [0, 0.1) is 5.92 Å². The highest BCUT2D eigenvalue weighted by molar-refractivity contribution is 7.88. The summed E-state index contributed by atoms with van der Waals surface area (Å²) in [6.45, 7) is 6.38. The Labute approximate surface area is 159 Å². The molecule has 1 aromatic rings. The maximum atomic E-state index is 12.7. The smallest absolute Gasteiger partial charge is 0.224 e. The first-order chi connectivity index (χ1) is 11.5. The third-order valence-corrected chi connectivity index (χ3v) is 6.54. The van der Waals surface area contributed by atoms with Gasteiger partial charge in [-0.2, -0.15) is 0 Å². The van der Waals surface area contributed by atoms with Gasteiger partial charge in [-0.1, -0.05) is 29.3 Å². The molecular formula is C17H24Cl2N2O3S. The summed E-state index contributed by atoms with van der Waals surface area (Å²) in [5.74, 6) is -0.573. The van der Waals surface area contributed by atoms with Gasteiger partial charge in [0.1, 0.15) is 0 Å². The van der Waals surface area contributed by atoms with Gasteiger partial charge in [0.2, 0.25) is 15.9 Å². The standard InChI is InChI=1S/C17H24Cl2N2O3S/c1-17(2,3)20-16(22)13-5-4-8-21(10-13)25(23,24)11-12-6-7-14(18)15(19)9-12/h6-7,9,13H,4-5,8,10-11H2,1-3H3,(H,20,22)/t13-/m1/s1. The Morgan fingerprint density at radius 1 is 1.28 bits per heavy atom. The van der Waals surface area contributed by atoms with Crippen molar-refractivity contribution in [3.05, 3.63) is 33.8 Å². The molecule has 0 aliphatic carbocycles. The number of amides is 1. The summed E-state index contributed by atoms with van der Waals surface area (Å²) in [5, 5.41) is 3.65. The minimum absolute atomic E-state index is 0.0954. The molecule has 1 heterocycles. The molecule has 2 rings (SSSR count). The summed E-state index contributed by atoms with van der Waals surface area (Å²) in [4.78, 5) is 12.4. The number of benzene rings is 1. The van der Waals surface area contributed by atoms with Crippen molar-refractivity contribution >= 4 is 39.1 Å². The number of piperidine rings is 1. The van der Waals surface area contributed by atoms with Gasteiger partial charge in [0, 0.05) is 18.6 Å². The predicted molar refractivity (Wildman–Crippen MR) is 101 cm³/mol. The lowest BCUT2D eigenvalue weighted by molar-refractivity contribution is -0.127. The third-order valence-electron chi connectivity index (χ3n) is 3.98. The lowest BCUT2D eigenvalue weighted by Gasteiger charge is -2.33. The van der Waals surface area contributed by atoms with Gasteiger partial charge >= 0.3 is 0 Å². The molecule has 1 N–H and O–H groups in total. The quantitative estimate of drug-likeness (QED) is 0.832. The van der Waals surface area contributed by atoms with Gasteiger partial charge in [-0.3, -0.25) is 4.79 Å². The van der Waals surface area contributed by atoms with E-state index in [2.05, 4.69) is 5.32 Å². The molecule has 25 heavy (non-hydrogen) atoms. The number of hydrogen-bond acceptors (Lipinski definition) is 3. The monoisotopic (exact) mass is 406 g/mol. The van der Waals surface area contributed by atoms with Crippen LogP contribution in [0.1, 0.15) is 39.2 Å². The van der Waals surface area contributed by atoms with E-state index < -0.39 is 10.0 Å². The van der Waals surface area contributed by atoms with Crippen LogP contribution in [0.15, 0.2) is 18.2 Å². The Balaban J connectivity index is 2.08. The highest BCUT2D eigenvalue weighted by Gasteiger charge is 2.33. The first kappa shape index (κ1) is 20.5. The normalized spacial score (nSPS) is 19.6. The van der Waals surface area contributed by atoms with E-state index in [1.165, 1.54) is 4.31 Å². The van der Waals surface area contributed by atoms with Crippen molar-refractivity contribution in [3.8, 4) is 0 Å². The van der Waals surface area contributed by atoms with E-state index in [-0.39, 0.29) is 29.7 Å². The topological polar surface area (TPSA) is 66.5 Å². The van der Waals surface area contributed by atoms with E-state index in [4.69, 9.17) is 23.2 Å². The second-order valence-corrected chi connectivity index (χ2v) is 10.2. The summed E-state index contributed by atoms with van der Waals surface area (Å²) in [7, 11) is -3.52. The Kier molecular flexibility index (Phi) is 6.41. The van der Waals surface area contributed by atoms with E-state index in [0.29, 0.717) is 35.0 Å². The highest BCUT2D eigenvalue weighted by Crippen LogP contribution is 2.26. The lowest BCUT2D eigenvalue weighted by Crippen LogP contribution is -2.49. The SMILES string of the molecule is CC(C)(C)NC(=O)[C@@H]1CCCN(S(=O)(=O)Cc2ccc(Cl)c(Cl)c2)C1. The van der Waals surface area contributed by atoms with Crippen molar-refractivity contribution < 1.29 is 13.2 Å². The van der Waals surface area contributed by atoms with E-state index in [0.717, 1.165) is 0 Å². The largest absolute Gasteiger partial charge is 0.351 e. The zero-order valence-electron chi connectivity index (χ0n) is 14.7. The molecule has 0 saturated carbocycles. The summed E-state index contributed by atoms with van der Waals surface area (Å²) in [6, 6.07) is 4.80. The first-order valence-electron chi connectivity index (χ1n) is 8.22. The molecule has 1 aromatic carbocycles. The van der Waals surface area contributed by atoms with Gasteiger partial charge in [-0.25, -0.2) is 12.7 Å². The van der Waals surface area contributed by atoms with Crippen LogP contribution in [-0.4, -0.2) is 37.3 Å². The van der Waals surface area contributed by atoms with Crippen molar-refractivity contribution in [2.24, 2.45) is 5.92 Å². The van der Waals surface area contributed by atoms with E-state index in [1.807, 2.05) is 20.8 Å². The Morgan fingerprint density at radius 2 is 1.96 bits per heavy atom. The number of sulfonamides is 1. The molecule has 0 radical (unpaired) electrons. The molecule has 1 amide bonds. The fraction of sp³-hybridized carbons (Fsp3) is 0.588. The Morgan fingerprint density at radius 3 is 2.56 bits per heavy atom. The molecular weight excluding hydrogens is 383 g/mol. The molecule has 1 atom stereocenters. The second-order valence-electron chi connectivity index (χ2n) is 7.44. The van der Waals surface area contributed by atoms with Gasteiger partial charge in [-0.05, 0) is 51.3 Å². The van der Waals surface area contributed by atoms with Crippen molar-refractivity contribution in [2.75, 3.05) is 13.1 Å². The minimum Gasteiger partial charge on any atom is -0.351 e. The molecule has 140 valence electrons. The zero-order chi connectivity index (χ0) is 18.8. The van der Waals surface area contributed by atoms with Gasteiger partial charge in [0.25, 0.3) is 0 Å². The van der Waals surface area contributed by atoms with Crippen molar-refractivity contribution in [3.63, 3.8) is 0 Å². The molecule has 0 bridgehead atoms. The number of nitrogens with one attached hydrogen (secondary N) is 1. The number of hydrogen-bond donors (Lipinski definition) is 1. The summed E-state index contributed by atoms with van der Waals surface area (Å²) in [5.41, 5.74) is 0.244. The summed E-state index contributed by atoms with van der Waals surface area (Å²) < 4.78 is 26.9. The number of carbonyl (C=O) groups excluding carboxylic acids is 1. The van der Waals surface area contributed by atoms with Gasteiger partial charge in [0.05, 0.1) is 21.7 Å². The lowest BCUT2D eigenvalue weighted by atomic mass is 9.97. The zero-order valence-corrected chi connectivity index (χ0v) is 17.0. The predicted octanol–water partition coefficient (Wildman–Crippen LogP) is 3.45. The maximum Gasteiger partial charge on any atom is 0.224 e. The molecule has 1 aliphatic heterocycles. The van der Waals surface area contributed by atoms with E-state index in [9.17, 15) is 13.2 Å². The summed E-state index contributed by atoms with van der Waals surface area (Å²) in [6.07, 6.45) is 1.36. The van der Waals surface area contributed by atoms with Crippen LogP contribution in [0.5, 0.6) is 0 Å².